The van der Waals surface area contributed by atoms with Crippen molar-refractivity contribution in [3.05, 3.63) is 24.3 Å². The van der Waals surface area contributed by atoms with E-state index in [-0.39, 0.29) is 0 Å². The molecule has 0 aliphatic carbocycles. The van der Waals surface area contributed by atoms with Crippen molar-refractivity contribution < 1.29 is 9.47 Å². The molecule has 5 nitrogen and oxygen atoms in total. The summed E-state index contributed by atoms with van der Waals surface area (Å²) in [6.45, 7) is 2.25. The lowest BCUT2D eigenvalue weighted by molar-refractivity contribution is 0.319. The highest BCUT2D eigenvalue weighted by atomic mass is 32.2. The molecule has 1 aromatic rings. The smallest absolute Gasteiger partial charge is 0.191 e. The standard InChI is InChI=1S/C16H25N3O2S/c1-17-16(19-12-15-7-4-10-22-15)18-8-9-21-14-6-3-5-13(11-14)20-2/h3,5-6,11,15H,4,7-10,12H2,1-2H3,(H2,17,18,19). The van der Waals surface area contributed by atoms with Crippen molar-refractivity contribution in [2.75, 3.05) is 39.6 Å². The minimum absolute atomic E-state index is 0.575. The second kappa shape index (κ2) is 9.46. The van der Waals surface area contributed by atoms with E-state index in [1.54, 1.807) is 14.2 Å². The summed E-state index contributed by atoms with van der Waals surface area (Å²) in [6, 6.07) is 7.62. The topological polar surface area (TPSA) is 54.9 Å². The number of aliphatic imine (C=N–C) groups is 1. The maximum atomic E-state index is 5.69. The maximum absolute atomic E-state index is 5.69. The summed E-state index contributed by atoms with van der Waals surface area (Å²) in [5.74, 6) is 3.73. The van der Waals surface area contributed by atoms with Gasteiger partial charge in [-0.3, -0.25) is 4.99 Å². The summed E-state index contributed by atoms with van der Waals surface area (Å²) in [4.78, 5) is 4.23. The SMILES string of the molecule is CN=C(NCCOc1cccc(OC)c1)NCC1CCCS1. The van der Waals surface area contributed by atoms with Crippen LogP contribution in [0.15, 0.2) is 29.3 Å². The largest absolute Gasteiger partial charge is 0.497 e. The Morgan fingerprint density at radius 3 is 2.95 bits per heavy atom. The first-order valence-corrected chi connectivity index (χ1v) is 8.69. The van der Waals surface area contributed by atoms with Crippen LogP contribution in [0.2, 0.25) is 0 Å². The Morgan fingerprint density at radius 1 is 1.36 bits per heavy atom. The Morgan fingerprint density at radius 2 is 2.23 bits per heavy atom. The molecule has 0 saturated carbocycles. The fourth-order valence-corrected chi connectivity index (χ4v) is 3.47. The molecule has 0 radical (unpaired) electrons. The Labute approximate surface area is 136 Å². The lowest BCUT2D eigenvalue weighted by atomic mass is 10.2. The fraction of sp³-hybridized carbons (Fsp3) is 0.562. The van der Waals surface area contributed by atoms with Crippen LogP contribution < -0.4 is 20.1 Å². The average Bonchev–Trinajstić information content (AvgIpc) is 3.08. The molecule has 1 aliphatic heterocycles. The van der Waals surface area contributed by atoms with E-state index in [4.69, 9.17) is 9.47 Å². The molecule has 1 atom stereocenters. The van der Waals surface area contributed by atoms with Gasteiger partial charge in [-0.25, -0.2) is 0 Å². The molecule has 122 valence electrons. The quantitative estimate of drug-likeness (QED) is 0.457. The Balaban J connectivity index is 1.63. The van der Waals surface area contributed by atoms with Crippen LogP contribution in [0.25, 0.3) is 0 Å². The summed E-state index contributed by atoms with van der Waals surface area (Å²) in [6.07, 6.45) is 2.63. The van der Waals surface area contributed by atoms with Crippen LogP contribution in [0.1, 0.15) is 12.8 Å². The summed E-state index contributed by atoms with van der Waals surface area (Å²) in [5.41, 5.74) is 0. The number of benzene rings is 1. The van der Waals surface area contributed by atoms with Crippen molar-refractivity contribution in [1.82, 2.24) is 10.6 Å². The van der Waals surface area contributed by atoms with Gasteiger partial charge in [0.2, 0.25) is 0 Å². The number of hydrogen-bond donors (Lipinski definition) is 2. The summed E-state index contributed by atoms with van der Waals surface area (Å²) < 4.78 is 10.9. The number of hydrogen-bond acceptors (Lipinski definition) is 4. The van der Waals surface area contributed by atoms with Crippen LogP contribution in [-0.4, -0.2) is 50.8 Å². The van der Waals surface area contributed by atoms with Crippen LogP contribution in [0.5, 0.6) is 11.5 Å². The van der Waals surface area contributed by atoms with Gasteiger partial charge in [0.25, 0.3) is 0 Å². The van der Waals surface area contributed by atoms with E-state index in [2.05, 4.69) is 15.6 Å². The molecule has 2 N–H and O–H groups in total. The molecule has 2 rings (SSSR count). The Hall–Kier alpha value is -1.56. The van der Waals surface area contributed by atoms with Crippen molar-refractivity contribution in [2.45, 2.75) is 18.1 Å². The van der Waals surface area contributed by atoms with E-state index in [9.17, 15) is 0 Å². The molecule has 1 fully saturated rings. The van der Waals surface area contributed by atoms with Gasteiger partial charge in [0.15, 0.2) is 5.96 Å². The average molecular weight is 323 g/mol. The third-order valence-electron chi connectivity index (χ3n) is 3.45. The van der Waals surface area contributed by atoms with Gasteiger partial charge in [0.1, 0.15) is 18.1 Å². The normalized spacial score (nSPS) is 18.1. The molecule has 1 aliphatic rings. The third kappa shape index (κ3) is 5.67. The molecule has 0 bridgehead atoms. The highest BCUT2D eigenvalue weighted by Gasteiger charge is 2.15. The van der Waals surface area contributed by atoms with E-state index in [1.807, 2.05) is 36.0 Å². The van der Waals surface area contributed by atoms with Gasteiger partial charge in [-0.15, -0.1) is 0 Å². The summed E-state index contributed by atoms with van der Waals surface area (Å²) in [5, 5.41) is 7.35. The van der Waals surface area contributed by atoms with Gasteiger partial charge in [-0.05, 0) is 30.7 Å². The molecule has 1 unspecified atom stereocenters. The van der Waals surface area contributed by atoms with Crippen molar-refractivity contribution in [3.63, 3.8) is 0 Å². The van der Waals surface area contributed by atoms with Gasteiger partial charge in [-0.1, -0.05) is 6.07 Å². The van der Waals surface area contributed by atoms with E-state index in [0.717, 1.165) is 24.0 Å². The number of rotatable bonds is 7. The molecule has 1 aromatic carbocycles. The zero-order valence-corrected chi connectivity index (χ0v) is 14.1. The zero-order chi connectivity index (χ0) is 15.6. The molecule has 0 aromatic heterocycles. The highest BCUT2D eigenvalue weighted by molar-refractivity contribution is 8.00. The minimum atomic E-state index is 0.575. The predicted octanol–water partition coefficient (Wildman–Crippen LogP) is 2.13. The molecular weight excluding hydrogens is 298 g/mol. The molecule has 1 heterocycles. The van der Waals surface area contributed by atoms with Crippen LogP contribution in [0, 0.1) is 0 Å². The van der Waals surface area contributed by atoms with Gasteiger partial charge in [0, 0.05) is 24.9 Å². The number of methoxy groups -OCH3 is 1. The second-order valence-electron chi connectivity index (χ2n) is 5.04. The number of ether oxygens (including phenoxy) is 2. The number of thioether (sulfide) groups is 1. The van der Waals surface area contributed by atoms with Crippen LogP contribution in [-0.2, 0) is 0 Å². The predicted molar refractivity (Wildman–Crippen MR) is 93.3 cm³/mol. The number of nitrogens with one attached hydrogen (secondary N) is 2. The molecule has 6 heteroatoms. The van der Waals surface area contributed by atoms with Gasteiger partial charge in [-0.2, -0.15) is 11.8 Å². The third-order valence-corrected chi connectivity index (χ3v) is 4.85. The van der Waals surface area contributed by atoms with E-state index < -0.39 is 0 Å². The van der Waals surface area contributed by atoms with E-state index >= 15 is 0 Å². The summed E-state index contributed by atoms with van der Waals surface area (Å²) in [7, 11) is 3.44. The lowest BCUT2D eigenvalue weighted by Crippen LogP contribution is -2.41. The van der Waals surface area contributed by atoms with Crippen LogP contribution in [0.3, 0.4) is 0 Å². The number of guanidine groups is 1. The molecular formula is C16H25N3O2S. The zero-order valence-electron chi connectivity index (χ0n) is 13.3. The molecule has 0 spiro atoms. The van der Waals surface area contributed by atoms with Crippen molar-refractivity contribution in [2.24, 2.45) is 4.99 Å². The number of nitrogens with zero attached hydrogens (tertiary/aromatic N) is 1. The Bertz CT molecular complexity index is 476. The lowest BCUT2D eigenvalue weighted by Gasteiger charge is -2.15. The molecule has 0 amide bonds. The van der Waals surface area contributed by atoms with E-state index in [1.165, 1.54) is 18.6 Å². The second-order valence-corrected chi connectivity index (χ2v) is 6.45. The van der Waals surface area contributed by atoms with E-state index in [0.29, 0.717) is 18.4 Å². The van der Waals surface area contributed by atoms with Crippen LogP contribution >= 0.6 is 11.8 Å². The first kappa shape index (κ1) is 16.8. The van der Waals surface area contributed by atoms with Crippen molar-refractivity contribution >= 4 is 17.7 Å². The first-order valence-electron chi connectivity index (χ1n) is 7.65. The molecule has 22 heavy (non-hydrogen) atoms. The van der Waals surface area contributed by atoms with Crippen molar-refractivity contribution in [3.8, 4) is 11.5 Å². The summed E-state index contributed by atoms with van der Waals surface area (Å²) >= 11 is 2.04. The monoisotopic (exact) mass is 323 g/mol. The first-order chi connectivity index (χ1) is 10.8. The van der Waals surface area contributed by atoms with Gasteiger partial charge >= 0.3 is 0 Å². The van der Waals surface area contributed by atoms with Crippen molar-refractivity contribution in [1.29, 1.82) is 0 Å². The minimum Gasteiger partial charge on any atom is -0.497 e. The maximum Gasteiger partial charge on any atom is 0.191 e. The van der Waals surface area contributed by atoms with Crippen LogP contribution in [0.4, 0.5) is 0 Å². The molecule has 1 saturated heterocycles. The fourth-order valence-electron chi connectivity index (χ4n) is 2.27. The van der Waals surface area contributed by atoms with Gasteiger partial charge < -0.3 is 20.1 Å². The highest BCUT2D eigenvalue weighted by Crippen LogP contribution is 2.25. The van der Waals surface area contributed by atoms with Gasteiger partial charge in [0.05, 0.1) is 13.7 Å². The Kier molecular flexibility index (Phi) is 7.22.